The minimum Gasteiger partial charge on any atom is -0.494 e. The number of hydrogen-bond acceptors (Lipinski definition) is 5. The predicted octanol–water partition coefficient (Wildman–Crippen LogP) is 3.37. The molecule has 5 nitrogen and oxygen atoms in total. The molecule has 1 aromatic heterocycles. The minimum absolute atomic E-state index is 0.0602. The van der Waals surface area contributed by atoms with E-state index in [1.54, 1.807) is 0 Å². The van der Waals surface area contributed by atoms with Gasteiger partial charge in [0, 0.05) is 11.3 Å². The molecule has 0 atom stereocenters. The second-order valence-electron chi connectivity index (χ2n) is 4.37. The first-order chi connectivity index (χ1) is 10.1. The number of carbonyl (C=O) groups is 1. The highest BCUT2D eigenvalue weighted by Crippen LogP contribution is 2.25. The molecule has 0 aliphatic heterocycles. The largest absolute Gasteiger partial charge is 0.494 e. The van der Waals surface area contributed by atoms with Gasteiger partial charge in [0.1, 0.15) is 11.5 Å². The average molecular weight is 307 g/mol. The van der Waals surface area contributed by atoms with Crippen LogP contribution >= 0.6 is 11.8 Å². The Hall–Kier alpha value is -1.95. The lowest BCUT2D eigenvalue weighted by molar-refractivity contribution is -0.133. The van der Waals surface area contributed by atoms with Crippen molar-refractivity contribution in [2.45, 2.75) is 19.6 Å². The normalized spacial score (nSPS) is 10.6. The molecule has 0 radical (unpaired) electrons. The molecule has 0 saturated heterocycles. The average Bonchev–Trinajstić information content (AvgIpc) is 2.81. The number of ether oxygens (including phenoxy) is 1. The first-order valence-electron chi connectivity index (χ1n) is 6.59. The van der Waals surface area contributed by atoms with E-state index < -0.39 is 5.97 Å². The summed E-state index contributed by atoms with van der Waals surface area (Å²) in [5, 5.41) is 8.64. The number of rotatable bonds is 7. The molecular formula is C15H17NO4S. The van der Waals surface area contributed by atoms with E-state index in [9.17, 15) is 4.79 Å². The standard InChI is InChI=1S/C15H17NO4S/c1-3-19-12-6-4-11(5-7-12)15-16-13(10(2)20-15)8-21-9-14(17)18/h4-7H,3,8-9H2,1-2H3,(H,17,18). The van der Waals surface area contributed by atoms with E-state index in [1.807, 2.05) is 38.1 Å². The first kappa shape index (κ1) is 15.4. The van der Waals surface area contributed by atoms with Crippen LogP contribution in [0.2, 0.25) is 0 Å². The summed E-state index contributed by atoms with van der Waals surface area (Å²) in [6, 6.07) is 7.53. The van der Waals surface area contributed by atoms with Crippen LogP contribution in [0, 0.1) is 6.92 Å². The fraction of sp³-hybridized carbons (Fsp3) is 0.333. The number of benzene rings is 1. The van der Waals surface area contributed by atoms with Crippen molar-refractivity contribution < 1.29 is 19.1 Å². The van der Waals surface area contributed by atoms with E-state index in [1.165, 1.54) is 11.8 Å². The maximum atomic E-state index is 10.5. The Morgan fingerprint density at radius 2 is 2.10 bits per heavy atom. The molecule has 0 bridgehead atoms. The molecule has 2 aromatic rings. The number of carboxylic acid groups (broad SMARTS) is 1. The molecule has 0 unspecified atom stereocenters. The van der Waals surface area contributed by atoms with Gasteiger partial charge in [0.05, 0.1) is 18.1 Å². The lowest BCUT2D eigenvalue weighted by Crippen LogP contribution is -1.98. The quantitative estimate of drug-likeness (QED) is 0.845. The van der Waals surface area contributed by atoms with Crippen LogP contribution in [-0.2, 0) is 10.5 Å². The highest BCUT2D eigenvalue weighted by Gasteiger charge is 2.12. The topological polar surface area (TPSA) is 72.6 Å². The van der Waals surface area contributed by atoms with Crippen LogP contribution < -0.4 is 4.74 Å². The summed E-state index contributed by atoms with van der Waals surface area (Å²) in [6.07, 6.45) is 0. The third kappa shape index (κ3) is 4.26. The number of aryl methyl sites for hydroxylation is 1. The first-order valence-corrected chi connectivity index (χ1v) is 7.74. The van der Waals surface area contributed by atoms with Gasteiger partial charge in [-0.3, -0.25) is 4.79 Å². The minimum atomic E-state index is -0.826. The number of oxazole rings is 1. The Balaban J connectivity index is 2.08. The van der Waals surface area contributed by atoms with E-state index in [0.29, 0.717) is 18.3 Å². The number of thioether (sulfide) groups is 1. The van der Waals surface area contributed by atoms with Crippen LogP contribution in [0.25, 0.3) is 11.5 Å². The van der Waals surface area contributed by atoms with Crippen molar-refractivity contribution in [3.05, 3.63) is 35.7 Å². The lowest BCUT2D eigenvalue weighted by atomic mass is 10.2. The van der Waals surface area contributed by atoms with Crippen LogP contribution in [0.4, 0.5) is 0 Å². The van der Waals surface area contributed by atoms with Gasteiger partial charge >= 0.3 is 5.97 Å². The molecule has 21 heavy (non-hydrogen) atoms. The second kappa shape index (κ2) is 7.17. The van der Waals surface area contributed by atoms with Crippen LogP contribution in [0.3, 0.4) is 0 Å². The SMILES string of the molecule is CCOc1ccc(-c2nc(CSCC(=O)O)c(C)o2)cc1. The molecule has 0 aliphatic carbocycles. The number of hydrogen-bond donors (Lipinski definition) is 1. The number of aromatic nitrogens is 1. The fourth-order valence-corrected chi connectivity index (χ4v) is 2.52. The molecule has 0 aliphatic rings. The summed E-state index contributed by atoms with van der Waals surface area (Å²) < 4.78 is 11.0. The molecule has 0 saturated carbocycles. The van der Waals surface area contributed by atoms with Crippen molar-refractivity contribution in [1.82, 2.24) is 4.98 Å². The van der Waals surface area contributed by atoms with E-state index in [0.717, 1.165) is 22.8 Å². The van der Waals surface area contributed by atoms with Crippen LogP contribution in [0.15, 0.2) is 28.7 Å². The fourth-order valence-electron chi connectivity index (χ4n) is 1.78. The second-order valence-corrected chi connectivity index (χ2v) is 5.35. The van der Waals surface area contributed by atoms with Crippen molar-refractivity contribution in [3.63, 3.8) is 0 Å². The van der Waals surface area contributed by atoms with Crippen molar-refractivity contribution in [2.75, 3.05) is 12.4 Å². The van der Waals surface area contributed by atoms with Gasteiger partial charge in [0.25, 0.3) is 0 Å². The third-order valence-electron chi connectivity index (χ3n) is 2.77. The number of aliphatic carboxylic acids is 1. The van der Waals surface area contributed by atoms with Crippen LogP contribution in [-0.4, -0.2) is 28.4 Å². The zero-order valence-electron chi connectivity index (χ0n) is 12.0. The summed E-state index contributed by atoms with van der Waals surface area (Å²) >= 11 is 1.30. The van der Waals surface area contributed by atoms with Crippen LogP contribution in [0.1, 0.15) is 18.4 Å². The maximum absolute atomic E-state index is 10.5. The lowest BCUT2D eigenvalue weighted by Gasteiger charge is -2.02. The van der Waals surface area contributed by atoms with Gasteiger partial charge in [-0.2, -0.15) is 0 Å². The smallest absolute Gasteiger partial charge is 0.313 e. The molecule has 1 heterocycles. The van der Waals surface area contributed by atoms with E-state index in [4.69, 9.17) is 14.3 Å². The van der Waals surface area contributed by atoms with Gasteiger partial charge in [-0.25, -0.2) is 4.98 Å². The summed E-state index contributed by atoms with van der Waals surface area (Å²) in [6.45, 7) is 4.40. The molecule has 6 heteroatoms. The molecule has 2 rings (SSSR count). The van der Waals surface area contributed by atoms with Crippen molar-refractivity contribution in [1.29, 1.82) is 0 Å². The molecule has 0 fully saturated rings. The Morgan fingerprint density at radius 1 is 1.38 bits per heavy atom. The van der Waals surface area contributed by atoms with Gasteiger partial charge in [-0.05, 0) is 38.1 Å². The number of carboxylic acids is 1. The van der Waals surface area contributed by atoms with Gasteiger partial charge in [0.2, 0.25) is 5.89 Å². The van der Waals surface area contributed by atoms with Crippen molar-refractivity contribution in [2.24, 2.45) is 0 Å². The van der Waals surface area contributed by atoms with E-state index in [-0.39, 0.29) is 5.75 Å². The van der Waals surface area contributed by atoms with Gasteiger partial charge in [-0.15, -0.1) is 11.8 Å². The maximum Gasteiger partial charge on any atom is 0.313 e. The summed E-state index contributed by atoms with van der Waals surface area (Å²) in [4.78, 5) is 14.9. The molecule has 0 amide bonds. The van der Waals surface area contributed by atoms with Gasteiger partial charge in [-0.1, -0.05) is 0 Å². The van der Waals surface area contributed by atoms with E-state index >= 15 is 0 Å². The van der Waals surface area contributed by atoms with Gasteiger partial charge < -0.3 is 14.3 Å². The van der Waals surface area contributed by atoms with Crippen LogP contribution in [0.5, 0.6) is 5.75 Å². The zero-order chi connectivity index (χ0) is 15.2. The Morgan fingerprint density at radius 3 is 2.71 bits per heavy atom. The molecular weight excluding hydrogens is 290 g/mol. The third-order valence-corrected chi connectivity index (χ3v) is 3.70. The Labute approximate surface area is 127 Å². The van der Waals surface area contributed by atoms with Crippen molar-refractivity contribution in [3.8, 4) is 17.2 Å². The van der Waals surface area contributed by atoms with Gasteiger partial charge in [0.15, 0.2) is 0 Å². The predicted molar refractivity (Wildman–Crippen MR) is 81.6 cm³/mol. The summed E-state index contributed by atoms with van der Waals surface area (Å²) in [5.74, 6) is 1.83. The molecule has 0 spiro atoms. The monoisotopic (exact) mass is 307 g/mol. The summed E-state index contributed by atoms with van der Waals surface area (Å²) in [7, 11) is 0. The molecule has 1 aromatic carbocycles. The highest BCUT2D eigenvalue weighted by molar-refractivity contribution is 7.99. The summed E-state index contributed by atoms with van der Waals surface area (Å²) in [5.41, 5.74) is 1.65. The molecule has 112 valence electrons. The Bertz CT molecular complexity index is 607. The molecule has 1 N–H and O–H groups in total. The number of nitrogens with zero attached hydrogens (tertiary/aromatic N) is 1. The van der Waals surface area contributed by atoms with Crippen molar-refractivity contribution >= 4 is 17.7 Å². The van der Waals surface area contributed by atoms with E-state index in [2.05, 4.69) is 4.98 Å². The zero-order valence-corrected chi connectivity index (χ0v) is 12.8. The Kier molecular flexibility index (Phi) is 5.27. The highest BCUT2D eigenvalue weighted by atomic mass is 32.2.